The molecule has 0 radical (unpaired) electrons. The topological polar surface area (TPSA) is 76.3 Å². The van der Waals surface area contributed by atoms with Crippen LogP contribution in [-0.2, 0) is 0 Å². The first-order chi connectivity index (χ1) is 18.8. The van der Waals surface area contributed by atoms with Gasteiger partial charge in [-0.15, -0.1) is 5.10 Å². The summed E-state index contributed by atoms with van der Waals surface area (Å²) in [5.74, 6) is 0.882. The van der Waals surface area contributed by atoms with Crippen LogP contribution < -0.4 is 0 Å². The number of Topliss-reactive ketones (excluding diaryl/α,β-unsaturated/α-hetero) is 1. The molecular formula is C32H44N6O. The number of likely N-dealkylation sites (tertiary alicyclic amines) is 1. The third-order valence-electron chi connectivity index (χ3n) is 7.30. The summed E-state index contributed by atoms with van der Waals surface area (Å²) < 4.78 is 2.01. The number of hydrogen-bond donors (Lipinski definition) is 0. The van der Waals surface area contributed by atoms with Crippen LogP contribution in [0.3, 0.4) is 0 Å². The summed E-state index contributed by atoms with van der Waals surface area (Å²) in [4.78, 5) is 23.2. The number of allylic oxidation sites excluding steroid dienone is 2. The number of aromatic nitrogens is 4. The summed E-state index contributed by atoms with van der Waals surface area (Å²) in [7, 11) is 0. The van der Waals surface area contributed by atoms with Gasteiger partial charge in [0.15, 0.2) is 5.78 Å². The van der Waals surface area contributed by atoms with Crippen LogP contribution in [0, 0.1) is 6.92 Å². The van der Waals surface area contributed by atoms with Gasteiger partial charge in [0.05, 0.1) is 17.9 Å². The van der Waals surface area contributed by atoms with Crippen molar-refractivity contribution in [2.45, 2.75) is 86.1 Å². The van der Waals surface area contributed by atoms with Crippen LogP contribution in [-0.4, -0.2) is 50.0 Å². The van der Waals surface area contributed by atoms with Gasteiger partial charge in [0.1, 0.15) is 16.9 Å². The number of fused-ring (bicyclic) bond motifs is 1. The number of aryl methyl sites for hydroxylation is 1. The van der Waals surface area contributed by atoms with Crippen LogP contribution in [0.5, 0.6) is 0 Å². The van der Waals surface area contributed by atoms with Crippen LogP contribution in [0.1, 0.15) is 95.1 Å². The highest BCUT2D eigenvalue weighted by molar-refractivity contribution is 5.96. The summed E-state index contributed by atoms with van der Waals surface area (Å²) in [5.41, 5.74) is 6.46. The Bertz CT molecular complexity index is 1330. The molecule has 0 bridgehead atoms. The van der Waals surface area contributed by atoms with E-state index in [1.54, 1.807) is 6.92 Å². The molecular weight excluding hydrogens is 484 g/mol. The highest BCUT2D eigenvalue weighted by Gasteiger charge is 2.24. The van der Waals surface area contributed by atoms with Gasteiger partial charge in [-0.2, -0.15) is 0 Å². The Morgan fingerprint density at radius 2 is 1.87 bits per heavy atom. The third-order valence-corrected chi connectivity index (χ3v) is 7.30. The first kappa shape index (κ1) is 29.9. The molecule has 0 unspecified atom stereocenters. The number of piperidine rings is 1. The summed E-state index contributed by atoms with van der Waals surface area (Å²) in [5, 5.41) is 8.89. The van der Waals surface area contributed by atoms with E-state index in [2.05, 4.69) is 58.6 Å². The highest BCUT2D eigenvalue weighted by Crippen LogP contribution is 2.29. The number of aliphatic imine (C=N–C) groups is 1. The number of rotatable bonds is 9. The maximum absolute atomic E-state index is 11.7. The van der Waals surface area contributed by atoms with Crippen molar-refractivity contribution in [3.63, 3.8) is 0 Å². The Kier molecular flexibility index (Phi) is 11.1. The van der Waals surface area contributed by atoms with Crippen LogP contribution >= 0.6 is 0 Å². The molecule has 0 amide bonds. The first-order valence-electron chi connectivity index (χ1n) is 14.3. The van der Waals surface area contributed by atoms with E-state index in [9.17, 15) is 4.79 Å². The minimum Gasteiger partial charge on any atom is -0.357 e. The number of nitrogens with zero attached hydrogens (tertiary/aromatic N) is 6. The van der Waals surface area contributed by atoms with Crippen molar-refractivity contribution in [2.75, 3.05) is 13.1 Å². The molecule has 1 aromatic carbocycles. The molecule has 1 aliphatic heterocycles. The second-order valence-corrected chi connectivity index (χ2v) is 10.1. The smallest absolute Gasteiger partial charge is 0.160 e. The fourth-order valence-corrected chi connectivity index (χ4v) is 4.82. The van der Waals surface area contributed by atoms with E-state index in [-0.39, 0.29) is 11.8 Å². The van der Waals surface area contributed by atoms with E-state index in [4.69, 9.17) is 0 Å². The molecule has 0 N–H and O–H groups in total. The number of pyridine rings is 1. The summed E-state index contributed by atoms with van der Waals surface area (Å²) in [6, 6.07) is 8.04. The number of ketones is 1. The van der Waals surface area contributed by atoms with E-state index in [0.29, 0.717) is 0 Å². The Balaban J connectivity index is 0.000000771. The van der Waals surface area contributed by atoms with Crippen LogP contribution in [0.4, 0.5) is 0 Å². The van der Waals surface area contributed by atoms with Crippen molar-refractivity contribution >= 4 is 23.0 Å². The summed E-state index contributed by atoms with van der Waals surface area (Å²) in [6.45, 7) is 18.0. The lowest BCUT2D eigenvalue weighted by Crippen LogP contribution is -2.33. The molecule has 39 heavy (non-hydrogen) atoms. The molecule has 0 aliphatic carbocycles. The van der Waals surface area contributed by atoms with E-state index in [0.717, 1.165) is 71.6 Å². The van der Waals surface area contributed by atoms with Gasteiger partial charge in [0, 0.05) is 30.4 Å². The maximum atomic E-state index is 11.7. The minimum absolute atomic E-state index is 0.0698. The molecule has 0 spiro atoms. The van der Waals surface area contributed by atoms with E-state index >= 15 is 0 Å². The summed E-state index contributed by atoms with van der Waals surface area (Å²) >= 11 is 0. The standard InChI is InChI=1S/C27H32N6O.C5H12/c1-6-21(7-2)16-28-20(5)32-12-10-23(11-13-32)33-27-17-29-25(15-26(27)30-31-33)22-8-9-24(19(4)34)18(3)14-22;1-3-5-4-2/h6,8-9,14-17,23H,5,7,10-13H2,1-4H3;3-5H2,1-2H3/b21-6-,28-16-;. The lowest BCUT2D eigenvalue weighted by molar-refractivity contribution is 0.101. The zero-order chi connectivity index (χ0) is 28.4. The molecule has 1 aliphatic rings. The van der Waals surface area contributed by atoms with E-state index in [1.165, 1.54) is 24.8 Å². The van der Waals surface area contributed by atoms with Crippen LogP contribution in [0.25, 0.3) is 22.3 Å². The lowest BCUT2D eigenvalue weighted by Gasteiger charge is -2.33. The van der Waals surface area contributed by atoms with Crippen molar-refractivity contribution in [1.82, 2.24) is 24.9 Å². The second kappa shape index (κ2) is 14.5. The molecule has 1 saturated heterocycles. The normalized spacial score (nSPS) is 14.5. The molecule has 0 saturated carbocycles. The molecule has 208 valence electrons. The number of unbranched alkanes of at least 4 members (excludes halogenated alkanes) is 2. The van der Waals surface area contributed by atoms with Gasteiger partial charge in [-0.1, -0.05) is 70.0 Å². The monoisotopic (exact) mass is 528 g/mol. The zero-order valence-electron chi connectivity index (χ0n) is 24.6. The van der Waals surface area contributed by atoms with Gasteiger partial charge in [-0.3, -0.25) is 9.78 Å². The molecule has 7 nitrogen and oxygen atoms in total. The van der Waals surface area contributed by atoms with Crippen molar-refractivity contribution in [3.8, 4) is 11.3 Å². The molecule has 2 aromatic heterocycles. The second-order valence-electron chi connectivity index (χ2n) is 10.1. The molecule has 4 rings (SSSR count). The number of carbonyl (C=O) groups is 1. The molecule has 7 heteroatoms. The highest BCUT2D eigenvalue weighted by atomic mass is 16.1. The average molecular weight is 529 g/mol. The largest absolute Gasteiger partial charge is 0.357 e. The predicted molar refractivity (Wildman–Crippen MR) is 162 cm³/mol. The maximum Gasteiger partial charge on any atom is 0.160 e. The van der Waals surface area contributed by atoms with Gasteiger partial charge in [0.2, 0.25) is 0 Å². The SMILES string of the molecule is C=C(/N=C\C(=C/C)CC)N1CCC(n2nnc3cc(-c4ccc(C(C)=O)c(C)c4)ncc32)CC1.CCCCC. The van der Waals surface area contributed by atoms with Gasteiger partial charge in [-0.05, 0) is 63.3 Å². The van der Waals surface area contributed by atoms with Crippen molar-refractivity contribution in [3.05, 3.63) is 65.6 Å². The Hall–Kier alpha value is -3.61. The van der Waals surface area contributed by atoms with Gasteiger partial charge < -0.3 is 4.90 Å². The fourth-order valence-electron chi connectivity index (χ4n) is 4.82. The van der Waals surface area contributed by atoms with Crippen molar-refractivity contribution in [1.29, 1.82) is 0 Å². The van der Waals surface area contributed by atoms with E-state index < -0.39 is 0 Å². The third kappa shape index (κ3) is 7.71. The zero-order valence-corrected chi connectivity index (χ0v) is 24.6. The summed E-state index contributed by atoms with van der Waals surface area (Å²) in [6.07, 6.45) is 12.8. The number of hydrogen-bond acceptors (Lipinski definition) is 6. The van der Waals surface area contributed by atoms with Crippen LogP contribution in [0.2, 0.25) is 0 Å². The Labute approximate surface area is 233 Å². The fraction of sp³-hybridized carbons (Fsp3) is 0.469. The van der Waals surface area contributed by atoms with Gasteiger partial charge in [-0.25, -0.2) is 9.67 Å². The number of carbonyl (C=O) groups excluding carboxylic acids is 1. The average Bonchev–Trinajstić information content (AvgIpc) is 3.37. The van der Waals surface area contributed by atoms with Crippen LogP contribution in [0.15, 0.2) is 59.5 Å². The molecule has 3 aromatic rings. The lowest BCUT2D eigenvalue weighted by atomic mass is 10.0. The number of benzene rings is 1. The Morgan fingerprint density at radius 3 is 2.44 bits per heavy atom. The molecule has 0 atom stereocenters. The van der Waals surface area contributed by atoms with Crippen molar-refractivity contribution < 1.29 is 4.79 Å². The molecule has 3 heterocycles. The van der Waals surface area contributed by atoms with Gasteiger partial charge >= 0.3 is 0 Å². The predicted octanol–water partition coefficient (Wildman–Crippen LogP) is 7.74. The Morgan fingerprint density at radius 1 is 1.15 bits per heavy atom. The van der Waals surface area contributed by atoms with E-state index in [1.807, 2.05) is 55.2 Å². The van der Waals surface area contributed by atoms with Crippen molar-refractivity contribution in [2.24, 2.45) is 4.99 Å². The van der Waals surface area contributed by atoms with Gasteiger partial charge in [0.25, 0.3) is 0 Å². The minimum atomic E-state index is 0.0698. The first-order valence-corrected chi connectivity index (χ1v) is 14.3. The molecule has 1 fully saturated rings. The quantitative estimate of drug-likeness (QED) is 0.210.